The molecule has 0 unspecified atom stereocenters. The molecule has 0 saturated carbocycles. The van der Waals surface area contributed by atoms with Gasteiger partial charge < -0.3 is 5.73 Å². The van der Waals surface area contributed by atoms with E-state index >= 15 is 0 Å². The van der Waals surface area contributed by atoms with E-state index in [0.717, 1.165) is 23.1 Å². The van der Waals surface area contributed by atoms with Crippen molar-refractivity contribution in [3.05, 3.63) is 29.0 Å². The van der Waals surface area contributed by atoms with Gasteiger partial charge in [0, 0.05) is 6.20 Å². The van der Waals surface area contributed by atoms with E-state index in [1.54, 1.807) is 6.20 Å². The molecule has 2 heterocycles. The highest BCUT2D eigenvalue weighted by molar-refractivity contribution is 7.99. The van der Waals surface area contributed by atoms with Gasteiger partial charge in [-0.3, -0.25) is 0 Å². The van der Waals surface area contributed by atoms with Gasteiger partial charge in [0.05, 0.1) is 21.7 Å². The molecule has 2 aromatic heterocycles. The Labute approximate surface area is 128 Å². The summed E-state index contributed by atoms with van der Waals surface area (Å²) in [5, 5.41) is 3.87. The highest BCUT2D eigenvalue weighted by atomic mass is 35.5. The summed E-state index contributed by atoms with van der Waals surface area (Å²) in [7, 11) is 0. The van der Waals surface area contributed by atoms with E-state index in [1.165, 1.54) is 16.4 Å². The first-order valence-electron chi connectivity index (χ1n) is 6.04. The Balaban J connectivity index is 2.37. The number of nitrogens with zero attached hydrogens (tertiary/aromatic N) is 3. The van der Waals surface area contributed by atoms with Crippen molar-refractivity contribution in [2.75, 3.05) is 11.5 Å². The van der Waals surface area contributed by atoms with Crippen molar-refractivity contribution < 1.29 is 13.2 Å². The van der Waals surface area contributed by atoms with Gasteiger partial charge in [-0.2, -0.15) is 23.0 Å². The Bertz CT molecular complexity index is 642. The maximum atomic E-state index is 12.6. The van der Waals surface area contributed by atoms with Crippen LogP contribution in [0.2, 0.25) is 5.02 Å². The molecule has 2 rings (SSSR count). The smallest absolute Gasteiger partial charge is 0.383 e. The topological polar surface area (TPSA) is 56.7 Å². The van der Waals surface area contributed by atoms with Gasteiger partial charge in [-0.05, 0) is 18.2 Å². The third-order valence-electron chi connectivity index (χ3n) is 2.58. The van der Waals surface area contributed by atoms with Crippen LogP contribution in [0.4, 0.5) is 19.0 Å². The van der Waals surface area contributed by atoms with E-state index in [0.29, 0.717) is 12.0 Å². The maximum Gasteiger partial charge on any atom is 0.417 e. The van der Waals surface area contributed by atoms with Crippen LogP contribution in [0.15, 0.2) is 23.4 Å². The summed E-state index contributed by atoms with van der Waals surface area (Å²) in [6, 6.07) is 0.809. The molecule has 4 nitrogen and oxygen atoms in total. The van der Waals surface area contributed by atoms with Gasteiger partial charge in [0.15, 0.2) is 5.82 Å². The summed E-state index contributed by atoms with van der Waals surface area (Å²) >= 11 is 7.39. The van der Waals surface area contributed by atoms with Gasteiger partial charge in [0.25, 0.3) is 0 Å². The highest BCUT2D eigenvalue weighted by Crippen LogP contribution is 2.33. The molecule has 0 aliphatic carbocycles. The summed E-state index contributed by atoms with van der Waals surface area (Å²) in [6.45, 7) is 2.03. The fraction of sp³-hybridized carbons (Fsp3) is 0.333. The molecule has 9 heteroatoms. The van der Waals surface area contributed by atoms with Crippen LogP contribution in [0.3, 0.4) is 0 Å². The largest absolute Gasteiger partial charge is 0.417 e. The molecule has 0 bridgehead atoms. The molecule has 0 radical (unpaired) electrons. The van der Waals surface area contributed by atoms with Crippen LogP contribution in [0.5, 0.6) is 0 Å². The number of hydrogen-bond acceptors (Lipinski definition) is 4. The summed E-state index contributed by atoms with van der Waals surface area (Å²) in [5.74, 6) is 1.25. The summed E-state index contributed by atoms with van der Waals surface area (Å²) in [5.41, 5.74) is 5.01. The SMILES string of the molecule is CCCSc1cnn(-c2ncc(C(F)(F)F)cc2Cl)c1N. The minimum absolute atomic E-state index is 0.0746. The molecular weight excluding hydrogens is 325 g/mol. The van der Waals surface area contributed by atoms with Crippen molar-refractivity contribution in [1.29, 1.82) is 0 Å². The van der Waals surface area contributed by atoms with Gasteiger partial charge in [-0.25, -0.2) is 4.98 Å². The second kappa shape index (κ2) is 6.15. The zero-order chi connectivity index (χ0) is 15.6. The van der Waals surface area contributed by atoms with Crippen molar-refractivity contribution in [2.45, 2.75) is 24.4 Å². The molecule has 0 atom stereocenters. The quantitative estimate of drug-likeness (QED) is 0.857. The molecule has 0 spiro atoms. The van der Waals surface area contributed by atoms with E-state index in [4.69, 9.17) is 17.3 Å². The number of pyridine rings is 1. The molecule has 114 valence electrons. The normalized spacial score (nSPS) is 11.9. The van der Waals surface area contributed by atoms with Crippen molar-refractivity contribution in [3.63, 3.8) is 0 Å². The molecule has 0 saturated heterocycles. The minimum Gasteiger partial charge on any atom is -0.383 e. The van der Waals surface area contributed by atoms with Crippen LogP contribution >= 0.6 is 23.4 Å². The Hall–Kier alpha value is -1.41. The molecular formula is C12H12ClF3N4S. The fourth-order valence-corrected chi connectivity index (χ4v) is 2.60. The number of nitrogens with two attached hydrogens (primary N) is 1. The van der Waals surface area contributed by atoms with Crippen molar-refractivity contribution in [1.82, 2.24) is 14.8 Å². The standard InChI is InChI=1S/C12H12ClF3N4S/c1-2-3-21-9-6-19-20(10(9)17)11-8(13)4-7(5-18-11)12(14,15)16/h4-6H,2-3,17H2,1H3. The molecule has 0 aliphatic heterocycles. The molecule has 0 amide bonds. The first kappa shape index (κ1) is 16.0. The first-order valence-corrected chi connectivity index (χ1v) is 7.40. The van der Waals surface area contributed by atoms with E-state index in [2.05, 4.69) is 10.1 Å². The third-order valence-corrected chi connectivity index (χ3v) is 4.10. The number of thioether (sulfide) groups is 1. The van der Waals surface area contributed by atoms with Gasteiger partial charge in [0.2, 0.25) is 0 Å². The molecule has 2 N–H and O–H groups in total. The predicted molar refractivity (Wildman–Crippen MR) is 76.8 cm³/mol. The average molecular weight is 337 g/mol. The predicted octanol–water partition coefficient (Wildman–Crippen LogP) is 4.02. The monoisotopic (exact) mass is 336 g/mol. The van der Waals surface area contributed by atoms with Crippen LogP contribution in [-0.2, 0) is 6.18 Å². The van der Waals surface area contributed by atoms with Crippen LogP contribution in [0.25, 0.3) is 5.82 Å². The molecule has 0 aliphatic rings. The Morgan fingerprint density at radius 2 is 2.10 bits per heavy atom. The van der Waals surface area contributed by atoms with E-state index in [-0.39, 0.29) is 10.8 Å². The lowest BCUT2D eigenvalue weighted by Crippen LogP contribution is -2.09. The molecule has 2 aromatic rings. The molecule has 0 fully saturated rings. The van der Waals surface area contributed by atoms with E-state index < -0.39 is 11.7 Å². The van der Waals surface area contributed by atoms with E-state index in [1.807, 2.05) is 6.92 Å². The zero-order valence-electron chi connectivity index (χ0n) is 11.0. The summed E-state index contributed by atoms with van der Waals surface area (Å²) in [4.78, 5) is 4.47. The fourth-order valence-electron chi connectivity index (χ4n) is 1.58. The lowest BCUT2D eigenvalue weighted by molar-refractivity contribution is -0.137. The van der Waals surface area contributed by atoms with Crippen molar-refractivity contribution in [3.8, 4) is 5.82 Å². The number of hydrogen-bond donors (Lipinski definition) is 1. The molecule has 21 heavy (non-hydrogen) atoms. The Morgan fingerprint density at radius 1 is 1.38 bits per heavy atom. The second-order valence-corrected chi connectivity index (χ2v) is 5.73. The van der Waals surface area contributed by atoms with E-state index in [9.17, 15) is 13.2 Å². The van der Waals surface area contributed by atoms with Crippen LogP contribution in [0.1, 0.15) is 18.9 Å². The third kappa shape index (κ3) is 3.44. The molecule has 0 aromatic carbocycles. The Morgan fingerprint density at radius 3 is 2.67 bits per heavy atom. The number of halogens is 4. The average Bonchev–Trinajstić information content (AvgIpc) is 2.76. The summed E-state index contributed by atoms with van der Waals surface area (Å²) in [6.07, 6.45) is -1.27. The zero-order valence-corrected chi connectivity index (χ0v) is 12.6. The van der Waals surface area contributed by atoms with Crippen LogP contribution < -0.4 is 5.73 Å². The maximum absolute atomic E-state index is 12.6. The number of alkyl halides is 3. The highest BCUT2D eigenvalue weighted by Gasteiger charge is 2.32. The van der Waals surface area contributed by atoms with Crippen LogP contribution in [0, 0.1) is 0 Å². The van der Waals surface area contributed by atoms with Crippen molar-refractivity contribution in [2.24, 2.45) is 0 Å². The van der Waals surface area contributed by atoms with Gasteiger partial charge >= 0.3 is 6.18 Å². The van der Waals surface area contributed by atoms with Crippen molar-refractivity contribution >= 4 is 29.2 Å². The van der Waals surface area contributed by atoms with Gasteiger partial charge in [-0.15, -0.1) is 11.8 Å². The number of anilines is 1. The lowest BCUT2D eigenvalue weighted by atomic mass is 10.3. The van der Waals surface area contributed by atoms with Crippen LogP contribution in [-0.4, -0.2) is 20.5 Å². The number of rotatable bonds is 4. The minimum atomic E-state index is -4.49. The first-order chi connectivity index (χ1) is 9.84. The Kier molecular flexibility index (Phi) is 4.67. The number of aromatic nitrogens is 3. The van der Waals surface area contributed by atoms with Gasteiger partial charge in [-0.1, -0.05) is 18.5 Å². The lowest BCUT2D eigenvalue weighted by Gasteiger charge is -2.10. The number of nitrogen functional groups attached to an aromatic ring is 1. The van der Waals surface area contributed by atoms with Gasteiger partial charge in [0.1, 0.15) is 5.82 Å². The summed E-state index contributed by atoms with van der Waals surface area (Å²) < 4.78 is 39.0. The second-order valence-electron chi connectivity index (χ2n) is 4.18.